The number of nitrogens with zero attached hydrogens (tertiary/aromatic N) is 3. The van der Waals surface area contributed by atoms with E-state index in [9.17, 15) is 4.79 Å². The maximum Gasteiger partial charge on any atom is 0.243 e. The molecule has 4 rings (SSSR count). The van der Waals surface area contributed by atoms with Gasteiger partial charge >= 0.3 is 0 Å². The lowest BCUT2D eigenvalue weighted by Gasteiger charge is -2.40. The van der Waals surface area contributed by atoms with Gasteiger partial charge in [0.2, 0.25) is 5.91 Å². The molecule has 31 heavy (non-hydrogen) atoms. The van der Waals surface area contributed by atoms with Crippen molar-refractivity contribution in [3.63, 3.8) is 0 Å². The molecular weight excluding hydrogens is 501 g/mol. The molecule has 1 aliphatic carbocycles. The number of rotatable bonds is 6. The zero-order chi connectivity index (χ0) is 20.9. The van der Waals surface area contributed by atoms with Crippen LogP contribution in [0, 0.1) is 0 Å². The number of carbonyl (C=O) groups is 1. The number of piperidine rings is 1. The quantitative estimate of drug-likeness (QED) is 0.331. The summed E-state index contributed by atoms with van der Waals surface area (Å²) in [6.07, 6.45) is 9.83. The number of guanidine groups is 1. The highest BCUT2D eigenvalue weighted by molar-refractivity contribution is 14.0. The van der Waals surface area contributed by atoms with E-state index in [0.717, 1.165) is 25.3 Å². The predicted molar refractivity (Wildman–Crippen MR) is 137 cm³/mol. The Bertz CT molecular complexity index is 721. The summed E-state index contributed by atoms with van der Waals surface area (Å²) in [7, 11) is 3.57. The van der Waals surface area contributed by atoms with E-state index in [1.165, 1.54) is 44.1 Å². The number of hydrogen-bond donors (Lipinski definition) is 2. The minimum Gasteiger partial charge on any atom is -0.354 e. The highest BCUT2D eigenvalue weighted by Gasteiger charge is 2.40. The monoisotopic (exact) mass is 539 g/mol. The lowest BCUT2D eigenvalue weighted by Crippen LogP contribution is -2.53. The number of hydrogen-bond acceptors (Lipinski definition) is 3. The van der Waals surface area contributed by atoms with Crippen molar-refractivity contribution in [2.24, 2.45) is 4.99 Å². The molecule has 0 aromatic heterocycles. The standard InChI is InChI=1S/C24H37N5O.HI/c1-28(2)23(30)16-25-24(26-19-10-6-7-11-19)27-20-14-21-12-13-22(15-20)29(21)17-18-8-4-3-5-9-18;/h3-5,8-9,19-22H,6-7,10-17H2,1-2H3,(H2,25,26,27);1H. The molecule has 1 amide bonds. The number of carbonyl (C=O) groups excluding carboxylic acids is 1. The Morgan fingerprint density at radius 1 is 1.00 bits per heavy atom. The fraction of sp³-hybridized carbons (Fsp3) is 0.667. The van der Waals surface area contributed by atoms with E-state index >= 15 is 0 Å². The molecule has 0 spiro atoms. The van der Waals surface area contributed by atoms with Crippen LogP contribution in [0.15, 0.2) is 35.3 Å². The van der Waals surface area contributed by atoms with Crippen LogP contribution in [-0.2, 0) is 11.3 Å². The SMILES string of the molecule is CN(C)C(=O)CN=C(NC1CCCC1)NC1CC2CCC(C1)N2Cc1ccccc1.I. The van der Waals surface area contributed by atoms with Crippen molar-refractivity contribution in [2.75, 3.05) is 20.6 Å². The van der Waals surface area contributed by atoms with Gasteiger partial charge in [-0.15, -0.1) is 24.0 Å². The number of halogens is 1. The first-order valence-corrected chi connectivity index (χ1v) is 11.7. The average molecular weight is 540 g/mol. The lowest BCUT2D eigenvalue weighted by molar-refractivity contribution is -0.127. The molecule has 2 atom stereocenters. The molecule has 0 radical (unpaired) electrons. The van der Waals surface area contributed by atoms with E-state index in [-0.39, 0.29) is 36.4 Å². The normalized spacial score (nSPS) is 26.4. The predicted octanol–water partition coefficient (Wildman–Crippen LogP) is 3.37. The molecule has 2 aliphatic heterocycles. The number of amides is 1. The minimum atomic E-state index is 0. The molecule has 2 heterocycles. The van der Waals surface area contributed by atoms with E-state index < -0.39 is 0 Å². The number of likely N-dealkylation sites (N-methyl/N-ethyl adjacent to an activating group) is 1. The average Bonchev–Trinajstić information content (AvgIpc) is 3.32. The molecule has 2 bridgehead atoms. The van der Waals surface area contributed by atoms with Gasteiger partial charge in [0.25, 0.3) is 0 Å². The Morgan fingerprint density at radius 3 is 2.23 bits per heavy atom. The van der Waals surface area contributed by atoms with Crippen LogP contribution in [0.1, 0.15) is 56.9 Å². The van der Waals surface area contributed by atoms with Gasteiger partial charge in [-0.05, 0) is 44.1 Å². The summed E-state index contributed by atoms with van der Waals surface area (Å²) < 4.78 is 0. The van der Waals surface area contributed by atoms with Crippen LogP contribution in [-0.4, -0.2) is 66.5 Å². The summed E-state index contributed by atoms with van der Waals surface area (Å²) >= 11 is 0. The van der Waals surface area contributed by atoms with Crippen LogP contribution in [0.4, 0.5) is 0 Å². The Morgan fingerprint density at radius 2 is 1.61 bits per heavy atom. The zero-order valence-corrected chi connectivity index (χ0v) is 21.3. The molecular formula is C24H38IN5O. The van der Waals surface area contributed by atoms with Crippen LogP contribution in [0.2, 0.25) is 0 Å². The van der Waals surface area contributed by atoms with E-state index in [1.807, 2.05) is 0 Å². The minimum absolute atomic E-state index is 0. The van der Waals surface area contributed by atoms with Crippen molar-refractivity contribution in [1.82, 2.24) is 20.4 Å². The molecule has 1 aromatic rings. The smallest absolute Gasteiger partial charge is 0.243 e. The van der Waals surface area contributed by atoms with Crippen LogP contribution >= 0.6 is 24.0 Å². The van der Waals surface area contributed by atoms with Crippen molar-refractivity contribution in [3.8, 4) is 0 Å². The van der Waals surface area contributed by atoms with Gasteiger partial charge in [-0.1, -0.05) is 43.2 Å². The Balaban J connectivity index is 0.00000272. The fourth-order valence-electron chi connectivity index (χ4n) is 5.32. The van der Waals surface area contributed by atoms with E-state index in [0.29, 0.717) is 24.2 Å². The largest absolute Gasteiger partial charge is 0.354 e. The second-order valence-corrected chi connectivity index (χ2v) is 9.43. The molecule has 2 unspecified atom stereocenters. The second kappa shape index (κ2) is 11.5. The van der Waals surface area contributed by atoms with Crippen molar-refractivity contribution in [1.29, 1.82) is 0 Å². The molecule has 1 aromatic carbocycles. The van der Waals surface area contributed by atoms with Gasteiger partial charge in [-0.3, -0.25) is 9.69 Å². The maximum atomic E-state index is 12.1. The van der Waals surface area contributed by atoms with Crippen LogP contribution in [0.5, 0.6) is 0 Å². The summed E-state index contributed by atoms with van der Waals surface area (Å²) in [5.74, 6) is 0.873. The molecule has 2 N–H and O–H groups in total. The van der Waals surface area contributed by atoms with Gasteiger partial charge in [0.15, 0.2) is 5.96 Å². The molecule has 3 fully saturated rings. The highest BCUT2D eigenvalue weighted by Crippen LogP contribution is 2.36. The van der Waals surface area contributed by atoms with Gasteiger partial charge < -0.3 is 15.5 Å². The Kier molecular flexibility index (Phi) is 9.01. The summed E-state index contributed by atoms with van der Waals surface area (Å²) in [4.78, 5) is 21.0. The molecule has 3 aliphatic rings. The van der Waals surface area contributed by atoms with Crippen LogP contribution in [0.25, 0.3) is 0 Å². The first kappa shape index (κ1) is 24.3. The number of nitrogens with one attached hydrogen (secondary N) is 2. The van der Waals surface area contributed by atoms with Crippen LogP contribution in [0.3, 0.4) is 0 Å². The second-order valence-electron chi connectivity index (χ2n) is 9.43. The third-order valence-corrected chi connectivity index (χ3v) is 7.00. The molecule has 6 nitrogen and oxygen atoms in total. The maximum absolute atomic E-state index is 12.1. The van der Waals surface area contributed by atoms with Gasteiger partial charge in [-0.25, -0.2) is 4.99 Å². The number of benzene rings is 1. The first-order chi connectivity index (χ1) is 14.6. The molecule has 172 valence electrons. The third-order valence-electron chi connectivity index (χ3n) is 7.00. The van der Waals surface area contributed by atoms with Crippen molar-refractivity contribution in [2.45, 2.75) is 82.1 Å². The third kappa shape index (κ3) is 6.57. The highest BCUT2D eigenvalue weighted by atomic mass is 127. The van der Waals surface area contributed by atoms with Crippen molar-refractivity contribution < 1.29 is 4.79 Å². The van der Waals surface area contributed by atoms with E-state index in [1.54, 1.807) is 19.0 Å². The Hall–Kier alpha value is -1.35. The summed E-state index contributed by atoms with van der Waals surface area (Å²) in [5, 5.41) is 7.32. The van der Waals surface area contributed by atoms with Crippen molar-refractivity contribution in [3.05, 3.63) is 35.9 Å². The van der Waals surface area contributed by atoms with Gasteiger partial charge in [-0.2, -0.15) is 0 Å². The Labute approximate surface area is 204 Å². The summed E-state index contributed by atoms with van der Waals surface area (Å²) in [6, 6.07) is 13.0. The lowest BCUT2D eigenvalue weighted by atomic mass is 9.96. The van der Waals surface area contributed by atoms with Gasteiger partial charge in [0.05, 0.1) is 0 Å². The van der Waals surface area contributed by atoms with Crippen LogP contribution < -0.4 is 10.6 Å². The molecule has 1 saturated carbocycles. The van der Waals surface area contributed by atoms with Gasteiger partial charge in [0.1, 0.15) is 6.54 Å². The topological polar surface area (TPSA) is 60.0 Å². The molecule has 7 heteroatoms. The molecule has 2 saturated heterocycles. The van der Waals surface area contributed by atoms with Gasteiger partial charge in [0, 0.05) is 44.8 Å². The summed E-state index contributed by atoms with van der Waals surface area (Å²) in [5.41, 5.74) is 1.41. The number of aliphatic imine (C=N–C) groups is 1. The zero-order valence-electron chi connectivity index (χ0n) is 18.9. The van der Waals surface area contributed by atoms with Crippen molar-refractivity contribution >= 4 is 35.8 Å². The van der Waals surface area contributed by atoms with E-state index in [2.05, 4.69) is 50.9 Å². The van der Waals surface area contributed by atoms with E-state index in [4.69, 9.17) is 0 Å². The fourth-order valence-corrected chi connectivity index (χ4v) is 5.32. The summed E-state index contributed by atoms with van der Waals surface area (Å²) in [6.45, 7) is 1.26. The number of fused-ring (bicyclic) bond motifs is 2. The first-order valence-electron chi connectivity index (χ1n) is 11.7.